The van der Waals surface area contributed by atoms with Crippen LogP contribution in [0.2, 0.25) is 0 Å². The van der Waals surface area contributed by atoms with Gasteiger partial charge in [-0.15, -0.1) is 23.7 Å². The van der Waals surface area contributed by atoms with Crippen molar-refractivity contribution in [1.29, 1.82) is 0 Å². The van der Waals surface area contributed by atoms with Crippen molar-refractivity contribution in [2.75, 3.05) is 13.6 Å². The number of carbonyl (C=O) groups is 1. The number of rotatable bonds is 6. The van der Waals surface area contributed by atoms with Crippen molar-refractivity contribution in [3.63, 3.8) is 0 Å². The maximum Gasteiger partial charge on any atom is 0.434 e. The Bertz CT molecular complexity index is 481. The second-order valence-corrected chi connectivity index (χ2v) is 5.92. The van der Waals surface area contributed by atoms with Gasteiger partial charge in [-0.05, 0) is 12.8 Å². The monoisotopic (exact) mass is 359 g/mol. The molecule has 2 N–H and O–H groups in total. The lowest BCUT2D eigenvalue weighted by atomic mass is 9.81. The Balaban J connectivity index is 0.00000441. The van der Waals surface area contributed by atoms with E-state index in [-0.39, 0.29) is 36.4 Å². The molecule has 22 heavy (non-hydrogen) atoms. The Hall–Kier alpha value is -0.860. The van der Waals surface area contributed by atoms with Gasteiger partial charge in [0.1, 0.15) is 5.01 Å². The van der Waals surface area contributed by atoms with Gasteiger partial charge in [-0.25, -0.2) is 4.98 Å². The lowest BCUT2D eigenvalue weighted by Crippen LogP contribution is -2.45. The van der Waals surface area contributed by atoms with Crippen LogP contribution in [0.3, 0.4) is 0 Å². The van der Waals surface area contributed by atoms with E-state index in [1.807, 2.05) is 13.8 Å². The molecule has 0 spiro atoms. The molecule has 4 nitrogen and oxygen atoms in total. The smallest absolute Gasteiger partial charge is 0.338 e. The number of aromatic nitrogens is 1. The van der Waals surface area contributed by atoms with Crippen LogP contribution in [0.1, 0.15) is 37.4 Å². The molecule has 0 atom stereocenters. The fourth-order valence-corrected chi connectivity index (χ4v) is 2.97. The van der Waals surface area contributed by atoms with E-state index in [0.717, 1.165) is 16.7 Å². The van der Waals surface area contributed by atoms with Crippen molar-refractivity contribution in [3.8, 4) is 0 Å². The predicted octanol–water partition coefficient (Wildman–Crippen LogP) is 3.31. The molecule has 1 aromatic heterocycles. The molecule has 0 bridgehead atoms. The Morgan fingerprint density at radius 2 is 1.91 bits per heavy atom. The number of hydrogen-bond donors (Lipinski definition) is 1. The maximum absolute atomic E-state index is 12.5. The average molecular weight is 360 g/mol. The first kappa shape index (κ1) is 21.1. The molecule has 0 aliphatic carbocycles. The number of halogens is 4. The number of nitrogens with two attached hydrogens (primary N) is 1. The lowest BCUT2D eigenvalue weighted by Gasteiger charge is -2.32. The van der Waals surface area contributed by atoms with Gasteiger partial charge < -0.3 is 10.6 Å². The highest BCUT2D eigenvalue weighted by Gasteiger charge is 2.37. The number of carbonyl (C=O) groups excluding carboxylic acids is 1. The van der Waals surface area contributed by atoms with Gasteiger partial charge >= 0.3 is 6.18 Å². The van der Waals surface area contributed by atoms with Crippen molar-refractivity contribution in [1.82, 2.24) is 9.88 Å². The second kappa shape index (κ2) is 8.12. The van der Waals surface area contributed by atoms with Crippen LogP contribution in [0.15, 0.2) is 5.38 Å². The molecule has 128 valence electrons. The summed E-state index contributed by atoms with van der Waals surface area (Å²) in [5.41, 5.74) is 4.14. The van der Waals surface area contributed by atoms with Gasteiger partial charge in [-0.3, -0.25) is 4.79 Å². The van der Waals surface area contributed by atoms with Crippen LogP contribution < -0.4 is 5.73 Å². The van der Waals surface area contributed by atoms with Crippen molar-refractivity contribution < 1.29 is 18.0 Å². The fraction of sp³-hybridized carbons (Fsp3) is 0.692. The summed E-state index contributed by atoms with van der Waals surface area (Å²) in [7, 11) is 1.56. The Morgan fingerprint density at radius 1 is 1.36 bits per heavy atom. The van der Waals surface area contributed by atoms with Crippen molar-refractivity contribution in [2.45, 2.75) is 39.4 Å². The molecule has 0 unspecified atom stereocenters. The second-order valence-electron chi connectivity index (χ2n) is 4.98. The van der Waals surface area contributed by atoms with E-state index in [0.29, 0.717) is 12.8 Å². The zero-order chi connectivity index (χ0) is 16.3. The van der Waals surface area contributed by atoms with Crippen LogP contribution in [0.4, 0.5) is 13.2 Å². The van der Waals surface area contributed by atoms with Gasteiger partial charge in [-0.2, -0.15) is 13.2 Å². The van der Waals surface area contributed by atoms with Crippen LogP contribution in [0.25, 0.3) is 0 Å². The van der Waals surface area contributed by atoms with Gasteiger partial charge in [0.05, 0.1) is 12.0 Å². The predicted molar refractivity (Wildman–Crippen MR) is 82.9 cm³/mol. The normalized spacial score (nSPS) is 12.0. The zero-order valence-corrected chi connectivity index (χ0v) is 14.4. The third-order valence-corrected chi connectivity index (χ3v) is 4.59. The number of thiazole rings is 1. The molecule has 0 saturated heterocycles. The number of alkyl halides is 3. The molecule has 0 fully saturated rings. The zero-order valence-electron chi connectivity index (χ0n) is 12.7. The van der Waals surface area contributed by atoms with Gasteiger partial charge in [0.15, 0.2) is 5.69 Å². The molecule has 1 amide bonds. The van der Waals surface area contributed by atoms with Crippen LogP contribution in [0, 0.1) is 5.41 Å². The van der Waals surface area contributed by atoms with E-state index >= 15 is 0 Å². The molecule has 1 aromatic rings. The highest BCUT2D eigenvalue weighted by atomic mass is 35.5. The van der Waals surface area contributed by atoms with Gasteiger partial charge in [0.2, 0.25) is 5.91 Å². The Morgan fingerprint density at radius 3 is 2.27 bits per heavy atom. The Labute approximate surface area is 138 Å². The molecule has 0 aliphatic rings. The third-order valence-electron chi connectivity index (χ3n) is 3.76. The van der Waals surface area contributed by atoms with Crippen LogP contribution in [-0.2, 0) is 17.5 Å². The summed E-state index contributed by atoms with van der Waals surface area (Å²) >= 11 is 0.899. The molecule has 0 aromatic carbocycles. The lowest BCUT2D eigenvalue weighted by molar-refractivity contribution is -0.141. The van der Waals surface area contributed by atoms with E-state index in [4.69, 9.17) is 5.73 Å². The van der Waals surface area contributed by atoms with Crippen molar-refractivity contribution >= 4 is 29.7 Å². The van der Waals surface area contributed by atoms with Gasteiger partial charge in [0, 0.05) is 19.0 Å². The fourth-order valence-electron chi connectivity index (χ4n) is 2.12. The van der Waals surface area contributed by atoms with Gasteiger partial charge in [0.25, 0.3) is 0 Å². The van der Waals surface area contributed by atoms with Crippen molar-refractivity contribution in [2.24, 2.45) is 11.1 Å². The highest BCUT2D eigenvalue weighted by molar-refractivity contribution is 7.09. The van der Waals surface area contributed by atoms with E-state index in [2.05, 4.69) is 4.98 Å². The van der Waals surface area contributed by atoms with E-state index in [1.165, 1.54) is 4.90 Å². The number of hydrogen-bond acceptors (Lipinski definition) is 4. The van der Waals surface area contributed by atoms with E-state index < -0.39 is 17.3 Å². The van der Waals surface area contributed by atoms with Crippen LogP contribution >= 0.6 is 23.7 Å². The Kier molecular flexibility index (Phi) is 7.80. The SMILES string of the molecule is CCC(CC)(CN)C(=O)N(C)Cc1nc(C(F)(F)F)cs1.Cl. The summed E-state index contributed by atoms with van der Waals surface area (Å²) in [6.07, 6.45) is -3.27. The molecule has 0 saturated carbocycles. The topological polar surface area (TPSA) is 59.2 Å². The molecule has 0 radical (unpaired) electrons. The molecule has 1 heterocycles. The van der Waals surface area contributed by atoms with Gasteiger partial charge in [-0.1, -0.05) is 13.8 Å². The maximum atomic E-state index is 12.5. The molecule has 1 rings (SSSR count). The van der Waals surface area contributed by atoms with E-state index in [1.54, 1.807) is 7.05 Å². The summed E-state index contributed by atoms with van der Waals surface area (Å²) < 4.78 is 37.5. The summed E-state index contributed by atoms with van der Waals surface area (Å²) in [6.45, 7) is 4.04. The summed E-state index contributed by atoms with van der Waals surface area (Å²) in [5, 5.41) is 1.22. The minimum Gasteiger partial charge on any atom is -0.338 e. The molecule has 9 heteroatoms. The average Bonchev–Trinajstić information content (AvgIpc) is 2.89. The summed E-state index contributed by atoms with van der Waals surface area (Å²) in [4.78, 5) is 17.4. The first-order valence-electron chi connectivity index (χ1n) is 6.67. The number of amides is 1. The van der Waals surface area contributed by atoms with Crippen LogP contribution in [-0.4, -0.2) is 29.4 Å². The largest absolute Gasteiger partial charge is 0.434 e. The minimum atomic E-state index is -4.45. The highest BCUT2D eigenvalue weighted by Crippen LogP contribution is 2.31. The number of nitrogens with zero attached hydrogens (tertiary/aromatic N) is 2. The summed E-state index contributed by atoms with van der Waals surface area (Å²) in [6, 6.07) is 0. The molecule has 0 aliphatic heterocycles. The summed E-state index contributed by atoms with van der Waals surface area (Å²) in [5.74, 6) is -0.154. The minimum absolute atomic E-state index is 0. The first-order chi connectivity index (χ1) is 9.70. The molecular weight excluding hydrogens is 339 g/mol. The van der Waals surface area contributed by atoms with Crippen LogP contribution in [0.5, 0.6) is 0 Å². The quantitative estimate of drug-likeness (QED) is 0.847. The first-order valence-corrected chi connectivity index (χ1v) is 7.55. The molecular formula is C13H21ClF3N3OS. The van der Waals surface area contributed by atoms with Crippen molar-refractivity contribution in [3.05, 3.63) is 16.1 Å². The van der Waals surface area contributed by atoms with E-state index in [9.17, 15) is 18.0 Å². The standard InChI is InChI=1S/C13H20F3N3OS.ClH/c1-4-12(5-2,8-17)11(20)19(3)6-10-18-9(7-21-10)13(14,15)16;/h7H,4-6,8,17H2,1-3H3;1H. The third kappa shape index (κ3) is 4.57.